The van der Waals surface area contributed by atoms with E-state index < -0.39 is 5.79 Å². The van der Waals surface area contributed by atoms with Gasteiger partial charge >= 0.3 is 0 Å². The molecule has 0 unspecified atom stereocenters. The van der Waals surface area contributed by atoms with Crippen molar-refractivity contribution in [2.75, 3.05) is 6.61 Å². The van der Waals surface area contributed by atoms with Crippen LogP contribution >= 0.6 is 15.9 Å². The van der Waals surface area contributed by atoms with E-state index in [0.717, 1.165) is 17.3 Å². The van der Waals surface area contributed by atoms with Crippen molar-refractivity contribution in [1.82, 2.24) is 0 Å². The molecule has 3 heteroatoms. The first-order valence-corrected chi connectivity index (χ1v) is 4.41. The molecule has 0 bridgehead atoms. The molecule has 11 heavy (non-hydrogen) atoms. The summed E-state index contributed by atoms with van der Waals surface area (Å²) < 4.78 is 6.04. The average molecular weight is 223 g/mol. The summed E-state index contributed by atoms with van der Waals surface area (Å²) in [5, 5.41) is 9.13. The van der Waals surface area contributed by atoms with Crippen molar-refractivity contribution in [3.05, 3.63) is 11.1 Å². The van der Waals surface area contributed by atoms with Crippen LogP contribution < -0.4 is 0 Å². The summed E-state index contributed by atoms with van der Waals surface area (Å²) in [7, 11) is 0. The maximum absolute atomic E-state index is 9.13. The van der Waals surface area contributed by atoms with Crippen LogP contribution in [0.5, 0.6) is 0 Å². The Morgan fingerprint density at radius 1 is 1.64 bits per heavy atom. The molecule has 0 aliphatic heterocycles. The van der Waals surface area contributed by atoms with Crippen LogP contribution in [0.2, 0.25) is 0 Å². The second kappa shape index (κ2) is 4.91. The third-order valence-electron chi connectivity index (χ3n) is 1.05. The average Bonchev–Trinajstić information content (AvgIpc) is 1.78. The van der Waals surface area contributed by atoms with Gasteiger partial charge in [0.05, 0.1) is 6.61 Å². The highest BCUT2D eigenvalue weighted by atomic mass is 79.9. The molecule has 0 aliphatic rings. The van der Waals surface area contributed by atoms with Gasteiger partial charge in [-0.1, -0.05) is 22.5 Å². The van der Waals surface area contributed by atoms with Gasteiger partial charge in [-0.15, -0.1) is 0 Å². The van der Waals surface area contributed by atoms with Gasteiger partial charge in [-0.2, -0.15) is 0 Å². The van der Waals surface area contributed by atoms with E-state index in [1.165, 1.54) is 0 Å². The SMILES string of the molecule is C=C(Br)CCCOC(C)(C)O. The van der Waals surface area contributed by atoms with E-state index in [2.05, 4.69) is 22.5 Å². The normalized spacial score (nSPS) is 11.6. The molecule has 0 amide bonds. The van der Waals surface area contributed by atoms with E-state index in [1.807, 2.05) is 0 Å². The number of hydrogen-bond donors (Lipinski definition) is 1. The molecule has 0 aromatic rings. The molecular formula is C8H15BrO2. The van der Waals surface area contributed by atoms with Gasteiger partial charge < -0.3 is 9.84 Å². The highest BCUT2D eigenvalue weighted by Crippen LogP contribution is 2.11. The minimum absolute atomic E-state index is 0.564. The predicted molar refractivity (Wildman–Crippen MR) is 49.6 cm³/mol. The Morgan fingerprint density at radius 3 is 2.55 bits per heavy atom. The zero-order valence-corrected chi connectivity index (χ0v) is 8.65. The molecule has 0 fully saturated rings. The van der Waals surface area contributed by atoms with Crippen LogP contribution in [0.4, 0.5) is 0 Å². The summed E-state index contributed by atoms with van der Waals surface area (Å²) in [6, 6.07) is 0. The van der Waals surface area contributed by atoms with Crippen LogP contribution in [0.15, 0.2) is 11.1 Å². The zero-order chi connectivity index (χ0) is 8.91. The third-order valence-corrected chi connectivity index (χ3v) is 1.44. The van der Waals surface area contributed by atoms with Gasteiger partial charge in [-0.05, 0) is 31.2 Å². The summed E-state index contributed by atoms with van der Waals surface area (Å²) in [5.41, 5.74) is 0. The molecular weight excluding hydrogens is 208 g/mol. The van der Waals surface area contributed by atoms with Gasteiger partial charge in [0, 0.05) is 0 Å². The Bertz CT molecular complexity index is 127. The Labute approximate surface area is 76.4 Å². The Kier molecular flexibility index (Phi) is 4.97. The van der Waals surface area contributed by atoms with Gasteiger partial charge in [0.25, 0.3) is 0 Å². The number of allylic oxidation sites excluding steroid dienone is 1. The fraction of sp³-hybridized carbons (Fsp3) is 0.750. The quantitative estimate of drug-likeness (QED) is 0.572. The van der Waals surface area contributed by atoms with Crippen molar-refractivity contribution >= 4 is 15.9 Å². The molecule has 66 valence electrons. The number of aliphatic hydroxyl groups is 1. The van der Waals surface area contributed by atoms with Gasteiger partial charge in [0.15, 0.2) is 5.79 Å². The van der Waals surface area contributed by atoms with Crippen molar-refractivity contribution in [1.29, 1.82) is 0 Å². The minimum atomic E-state index is -1.01. The van der Waals surface area contributed by atoms with Crippen molar-refractivity contribution in [3.8, 4) is 0 Å². The molecule has 2 nitrogen and oxygen atoms in total. The standard InChI is InChI=1S/C8H15BrO2/c1-7(9)5-4-6-11-8(2,3)10/h10H,1,4-6H2,2-3H3. The van der Waals surface area contributed by atoms with Crippen molar-refractivity contribution in [2.24, 2.45) is 0 Å². The van der Waals surface area contributed by atoms with E-state index in [9.17, 15) is 0 Å². The molecule has 0 heterocycles. The molecule has 0 atom stereocenters. The van der Waals surface area contributed by atoms with Crippen molar-refractivity contribution in [3.63, 3.8) is 0 Å². The molecule has 1 N–H and O–H groups in total. The fourth-order valence-electron chi connectivity index (χ4n) is 0.586. The third kappa shape index (κ3) is 10.1. The van der Waals surface area contributed by atoms with E-state index in [-0.39, 0.29) is 0 Å². The maximum Gasteiger partial charge on any atom is 0.159 e. The lowest BCUT2D eigenvalue weighted by Crippen LogP contribution is -2.23. The molecule has 0 saturated carbocycles. The molecule has 0 rings (SSSR count). The smallest absolute Gasteiger partial charge is 0.159 e. The molecule has 0 saturated heterocycles. The summed E-state index contributed by atoms with van der Waals surface area (Å²) in [4.78, 5) is 0. The van der Waals surface area contributed by atoms with Gasteiger partial charge in [-0.3, -0.25) is 0 Å². The van der Waals surface area contributed by atoms with E-state index in [4.69, 9.17) is 9.84 Å². The van der Waals surface area contributed by atoms with E-state index >= 15 is 0 Å². The zero-order valence-electron chi connectivity index (χ0n) is 7.06. The van der Waals surface area contributed by atoms with Crippen LogP contribution in [0, 0.1) is 0 Å². The lowest BCUT2D eigenvalue weighted by atomic mass is 10.3. The second-order valence-corrected chi connectivity index (χ2v) is 4.04. The largest absolute Gasteiger partial charge is 0.366 e. The highest BCUT2D eigenvalue weighted by Gasteiger charge is 2.10. The minimum Gasteiger partial charge on any atom is -0.366 e. The predicted octanol–water partition coefficient (Wildman–Crippen LogP) is 2.42. The number of hydrogen-bond acceptors (Lipinski definition) is 2. The molecule has 0 aliphatic carbocycles. The lowest BCUT2D eigenvalue weighted by Gasteiger charge is -2.17. The van der Waals surface area contributed by atoms with E-state index in [1.54, 1.807) is 13.8 Å². The van der Waals surface area contributed by atoms with Crippen LogP contribution in [0.25, 0.3) is 0 Å². The Morgan fingerprint density at radius 2 is 2.18 bits per heavy atom. The van der Waals surface area contributed by atoms with Crippen molar-refractivity contribution in [2.45, 2.75) is 32.5 Å². The van der Waals surface area contributed by atoms with Gasteiger partial charge in [0.1, 0.15) is 0 Å². The summed E-state index contributed by atoms with van der Waals surface area (Å²) in [5.74, 6) is -1.01. The molecule has 0 radical (unpaired) electrons. The van der Waals surface area contributed by atoms with Crippen LogP contribution in [0.1, 0.15) is 26.7 Å². The van der Waals surface area contributed by atoms with Crippen LogP contribution in [0.3, 0.4) is 0 Å². The summed E-state index contributed by atoms with van der Waals surface area (Å²) >= 11 is 3.24. The first-order valence-electron chi connectivity index (χ1n) is 3.61. The first kappa shape index (κ1) is 11.1. The maximum atomic E-state index is 9.13. The van der Waals surface area contributed by atoms with Crippen LogP contribution in [-0.2, 0) is 4.74 Å². The monoisotopic (exact) mass is 222 g/mol. The Balaban J connectivity index is 3.22. The number of halogens is 1. The lowest BCUT2D eigenvalue weighted by molar-refractivity contribution is -0.176. The van der Waals surface area contributed by atoms with Gasteiger partial charge in [0.2, 0.25) is 0 Å². The van der Waals surface area contributed by atoms with Crippen LogP contribution in [-0.4, -0.2) is 17.5 Å². The summed E-state index contributed by atoms with van der Waals surface area (Å²) in [6.45, 7) is 7.49. The highest BCUT2D eigenvalue weighted by molar-refractivity contribution is 9.11. The van der Waals surface area contributed by atoms with Crippen molar-refractivity contribution < 1.29 is 9.84 Å². The number of rotatable bonds is 5. The Hall–Kier alpha value is 0.140. The molecule has 0 spiro atoms. The fourth-order valence-corrected chi connectivity index (χ4v) is 0.866. The van der Waals surface area contributed by atoms with Gasteiger partial charge in [-0.25, -0.2) is 0 Å². The molecule has 0 aromatic carbocycles. The number of ether oxygens (including phenoxy) is 1. The topological polar surface area (TPSA) is 29.5 Å². The van der Waals surface area contributed by atoms with E-state index in [0.29, 0.717) is 6.61 Å². The first-order chi connectivity index (χ1) is 4.92. The second-order valence-electron chi connectivity index (χ2n) is 2.92. The summed E-state index contributed by atoms with van der Waals surface area (Å²) in [6.07, 6.45) is 1.77. The molecule has 0 aromatic heterocycles.